The lowest BCUT2D eigenvalue weighted by Gasteiger charge is -2.52. The Morgan fingerprint density at radius 1 is 1.20 bits per heavy atom. The van der Waals surface area contributed by atoms with Gasteiger partial charge in [-0.3, -0.25) is 9.78 Å². The number of ether oxygens (including phenoxy) is 3. The van der Waals surface area contributed by atoms with Gasteiger partial charge in [0.2, 0.25) is 0 Å². The number of aryl methyl sites for hydroxylation is 1. The summed E-state index contributed by atoms with van der Waals surface area (Å²) in [5, 5.41) is 0.916. The number of hydrogen-bond donors (Lipinski definition) is 0. The molecule has 1 aromatic heterocycles. The molecular formula is C19H24N2O4. The van der Waals surface area contributed by atoms with E-state index >= 15 is 0 Å². The van der Waals surface area contributed by atoms with Crippen LogP contribution in [0.15, 0.2) is 24.3 Å². The van der Waals surface area contributed by atoms with Gasteiger partial charge in [-0.2, -0.15) is 0 Å². The van der Waals surface area contributed by atoms with Gasteiger partial charge in [0.15, 0.2) is 0 Å². The second-order valence-corrected chi connectivity index (χ2v) is 6.48. The first-order chi connectivity index (χ1) is 12.0. The summed E-state index contributed by atoms with van der Waals surface area (Å²) in [6.45, 7) is 3.49. The number of carbonyl (C=O) groups is 1. The number of hydrogen-bond acceptors (Lipinski definition) is 5. The van der Waals surface area contributed by atoms with Crippen molar-refractivity contribution in [2.24, 2.45) is 0 Å². The normalized spacial score (nSPS) is 15.9. The van der Waals surface area contributed by atoms with Gasteiger partial charge in [-0.15, -0.1) is 0 Å². The van der Waals surface area contributed by atoms with Crippen LogP contribution in [-0.2, 0) is 9.47 Å². The van der Waals surface area contributed by atoms with Crippen molar-refractivity contribution in [3.05, 3.63) is 35.5 Å². The summed E-state index contributed by atoms with van der Waals surface area (Å²) in [6, 6.07) is 7.57. The van der Waals surface area contributed by atoms with Crippen LogP contribution >= 0.6 is 0 Å². The van der Waals surface area contributed by atoms with Gasteiger partial charge < -0.3 is 19.1 Å². The van der Waals surface area contributed by atoms with Crippen molar-refractivity contribution in [3.8, 4) is 5.75 Å². The monoisotopic (exact) mass is 344 g/mol. The van der Waals surface area contributed by atoms with Crippen LogP contribution < -0.4 is 4.74 Å². The van der Waals surface area contributed by atoms with Gasteiger partial charge in [0.05, 0.1) is 42.6 Å². The highest BCUT2D eigenvalue weighted by atomic mass is 16.5. The SMILES string of the molecule is COCC1(COC)CCN1C(=O)c1cc2ccc(OC)cc2nc1C. The van der Waals surface area contributed by atoms with Crippen molar-refractivity contribution in [1.29, 1.82) is 0 Å². The van der Waals surface area contributed by atoms with Crippen LogP contribution in [0.4, 0.5) is 0 Å². The fourth-order valence-corrected chi connectivity index (χ4v) is 3.47. The lowest BCUT2D eigenvalue weighted by Crippen LogP contribution is -2.66. The fourth-order valence-electron chi connectivity index (χ4n) is 3.47. The quantitative estimate of drug-likeness (QED) is 0.805. The number of nitrogens with zero attached hydrogens (tertiary/aromatic N) is 2. The maximum atomic E-state index is 13.1. The molecule has 2 aromatic rings. The van der Waals surface area contributed by atoms with Crippen molar-refractivity contribution >= 4 is 16.8 Å². The topological polar surface area (TPSA) is 60.9 Å². The molecule has 1 aliphatic heterocycles. The van der Waals surface area contributed by atoms with Gasteiger partial charge in [0.25, 0.3) is 5.91 Å². The highest BCUT2D eigenvalue weighted by Gasteiger charge is 2.48. The molecule has 0 bridgehead atoms. The average Bonchev–Trinajstić information content (AvgIpc) is 2.59. The number of pyridine rings is 1. The minimum Gasteiger partial charge on any atom is -0.497 e. The number of amides is 1. The van der Waals surface area contributed by atoms with Crippen molar-refractivity contribution in [2.45, 2.75) is 18.9 Å². The number of methoxy groups -OCH3 is 3. The molecule has 1 aromatic carbocycles. The Labute approximate surface area is 147 Å². The highest BCUT2D eigenvalue weighted by molar-refractivity contribution is 5.99. The van der Waals surface area contributed by atoms with Crippen LogP contribution in [0.1, 0.15) is 22.5 Å². The van der Waals surface area contributed by atoms with E-state index in [1.165, 1.54) is 0 Å². The summed E-state index contributed by atoms with van der Waals surface area (Å²) in [7, 11) is 4.92. The van der Waals surface area contributed by atoms with E-state index in [1.807, 2.05) is 36.1 Å². The third kappa shape index (κ3) is 3.07. The molecule has 3 rings (SSSR count). The lowest BCUT2D eigenvalue weighted by molar-refractivity contribution is -0.0816. The Morgan fingerprint density at radius 2 is 1.92 bits per heavy atom. The average molecular weight is 344 g/mol. The molecule has 6 heteroatoms. The first kappa shape index (κ1) is 17.6. The second kappa shape index (κ2) is 6.98. The van der Waals surface area contributed by atoms with Crippen LogP contribution in [0.3, 0.4) is 0 Å². The fraction of sp³-hybridized carbons (Fsp3) is 0.474. The summed E-state index contributed by atoms with van der Waals surface area (Å²) >= 11 is 0. The number of rotatable bonds is 6. The minimum absolute atomic E-state index is 0.0249. The number of fused-ring (bicyclic) bond motifs is 1. The number of benzene rings is 1. The minimum atomic E-state index is -0.387. The summed E-state index contributed by atoms with van der Waals surface area (Å²) in [4.78, 5) is 19.6. The zero-order valence-electron chi connectivity index (χ0n) is 15.2. The Bertz CT molecular complexity index is 784. The Balaban J connectivity index is 1.95. The summed E-state index contributed by atoms with van der Waals surface area (Å²) in [5.41, 5.74) is 1.76. The molecule has 25 heavy (non-hydrogen) atoms. The lowest BCUT2D eigenvalue weighted by atomic mass is 9.85. The Morgan fingerprint density at radius 3 is 2.48 bits per heavy atom. The molecule has 1 saturated heterocycles. The van der Waals surface area contributed by atoms with Crippen LogP contribution in [0, 0.1) is 6.92 Å². The first-order valence-corrected chi connectivity index (χ1v) is 8.30. The van der Waals surface area contributed by atoms with Gasteiger partial charge in [0, 0.05) is 32.2 Å². The molecule has 134 valence electrons. The predicted octanol–water partition coefficient (Wildman–Crippen LogP) is 2.43. The van der Waals surface area contributed by atoms with E-state index in [-0.39, 0.29) is 11.4 Å². The molecule has 0 unspecified atom stereocenters. The third-order valence-corrected chi connectivity index (χ3v) is 4.89. The molecule has 1 fully saturated rings. The van der Waals surface area contributed by atoms with Crippen LogP contribution in [-0.4, -0.2) is 62.4 Å². The predicted molar refractivity (Wildman–Crippen MR) is 95.2 cm³/mol. The Hall–Kier alpha value is -2.18. The van der Waals surface area contributed by atoms with Crippen molar-refractivity contribution in [1.82, 2.24) is 9.88 Å². The molecule has 0 radical (unpaired) electrons. The zero-order chi connectivity index (χ0) is 18.0. The molecule has 0 aliphatic carbocycles. The van der Waals surface area contributed by atoms with Crippen molar-refractivity contribution in [2.75, 3.05) is 41.1 Å². The number of likely N-dealkylation sites (tertiary alicyclic amines) is 1. The molecule has 0 atom stereocenters. The van der Waals surface area contributed by atoms with Gasteiger partial charge in [-0.05, 0) is 31.5 Å². The summed E-state index contributed by atoms with van der Waals surface area (Å²) < 4.78 is 15.9. The highest BCUT2D eigenvalue weighted by Crippen LogP contribution is 2.34. The maximum Gasteiger partial charge on any atom is 0.256 e. The van der Waals surface area contributed by atoms with Crippen LogP contribution in [0.25, 0.3) is 10.9 Å². The third-order valence-electron chi connectivity index (χ3n) is 4.89. The van der Waals surface area contributed by atoms with E-state index in [4.69, 9.17) is 14.2 Å². The van der Waals surface area contributed by atoms with E-state index in [1.54, 1.807) is 21.3 Å². The maximum absolute atomic E-state index is 13.1. The van der Waals surface area contributed by atoms with Crippen LogP contribution in [0.2, 0.25) is 0 Å². The van der Waals surface area contributed by atoms with E-state index in [0.29, 0.717) is 31.0 Å². The van der Waals surface area contributed by atoms with Crippen LogP contribution in [0.5, 0.6) is 5.75 Å². The molecule has 0 N–H and O–H groups in total. The molecule has 0 spiro atoms. The summed E-state index contributed by atoms with van der Waals surface area (Å²) in [5.74, 6) is 0.725. The van der Waals surface area contributed by atoms with E-state index in [9.17, 15) is 4.79 Å². The van der Waals surface area contributed by atoms with E-state index < -0.39 is 0 Å². The van der Waals surface area contributed by atoms with E-state index in [0.717, 1.165) is 23.1 Å². The number of carbonyl (C=O) groups excluding carboxylic acids is 1. The smallest absolute Gasteiger partial charge is 0.256 e. The molecule has 2 heterocycles. The largest absolute Gasteiger partial charge is 0.497 e. The van der Waals surface area contributed by atoms with Gasteiger partial charge >= 0.3 is 0 Å². The van der Waals surface area contributed by atoms with E-state index in [2.05, 4.69) is 4.98 Å². The molecule has 1 amide bonds. The molecular weight excluding hydrogens is 320 g/mol. The van der Waals surface area contributed by atoms with Crippen molar-refractivity contribution < 1.29 is 19.0 Å². The molecule has 6 nitrogen and oxygen atoms in total. The standard InChI is InChI=1S/C19H24N2O4/c1-13-16(9-14-5-6-15(25-4)10-17(14)20-13)18(22)21-8-7-19(21,11-23-2)12-24-3/h5-6,9-10H,7-8,11-12H2,1-4H3. The van der Waals surface area contributed by atoms with Gasteiger partial charge in [0.1, 0.15) is 5.75 Å². The number of aromatic nitrogens is 1. The zero-order valence-corrected chi connectivity index (χ0v) is 15.2. The molecule has 0 saturated carbocycles. The van der Waals surface area contributed by atoms with Gasteiger partial charge in [-0.1, -0.05) is 0 Å². The van der Waals surface area contributed by atoms with Gasteiger partial charge in [-0.25, -0.2) is 0 Å². The molecule has 1 aliphatic rings. The van der Waals surface area contributed by atoms with Crippen molar-refractivity contribution in [3.63, 3.8) is 0 Å². The second-order valence-electron chi connectivity index (χ2n) is 6.48. The first-order valence-electron chi connectivity index (χ1n) is 8.30. The summed E-state index contributed by atoms with van der Waals surface area (Å²) in [6.07, 6.45) is 0.873. The Kier molecular flexibility index (Phi) is 4.92.